The molecule has 0 aliphatic carbocycles. The minimum atomic E-state index is -0.393. The highest BCUT2D eigenvalue weighted by Gasteiger charge is 2.42. The molecule has 1 fully saturated rings. The third-order valence-electron chi connectivity index (χ3n) is 2.49. The van der Waals surface area contributed by atoms with Gasteiger partial charge in [0.1, 0.15) is 12.2 Å². The minimum Gasteiger partial charge on any atom is -0.391 e. The van der Waals surface area contributed by atoms with E-state index in [0.717, 1.165) is 5.56 Å². The zero-order chi connectivity index (χ0) is 10.7. The number of benzene rings is 1. The molecule has 1 saturated heterocycles. The summed E-state index contributed by atoms with van der Waals surface area (Å²) in [6.45, 7) is 2.90. The highest BCUT2D eigenvalue weighted by molar-refractivity contribution is 5.13. The van der Waals surface area contributed by atoms with Crippen LogP contribution in [0.5, 0.6) is 0 Å². The van der Waals surface area contributed by atoms with Crippen molar-refractivity contribution in [2.45, 2.75) is 31.8 Å². The Morgan fingerprint density at radius 1 is 1.40 bits per heavy atom. The van der Waals surface area contributed by atoms with Crippen LogP contribution in [-0.2, 0) is 16.1 Å². The Hall–Kier alpha value is -0.900. The molecule has 15 heavy (non-hydrogen) atoms. The first kappa shape index (κ1) is 10.6. The number of hydrogen-bond donors (Lipinski definition) is 1. The van der Waals surface area contributed by atoms with Crippen LogP contribution in [0.3, 0.4) is 0 Å². The molecule has 0 saturated carbocycles. The lowest BCUT2D eigenvalue weighted by Gasteiger charge is -2.02. The van der Waals surface area contributed by atoms with E-state index in [0.29, 0.717) is 13.2 Å². The van der Waals surface area contributed by atoms with Gasteiger partial charge in [0.15, 0.2) is 0 Å². The monoisotopic (exact) mass is 208 g/mol. The molecule has 1 heterocycles. The van der Waals surface area contributed by atoms with Crippen molar-refractivity contribution < 1.29 is 14.6 Å². The SMILES string of the molecule is C[C@H](O)[C@@H]1O[C@@H]1COCc1ccccc1. The van der Waals surface area contributed by atoms with Crippen molar-refractivity contribution in [1.82, 2.24) is 0 Å². The Kier molecular flexibility index (Phi) is 3.36. The van der Waals surface area contributed by atoms with Crippen LogP contribution in [0, 0.1) is 0 Å². The summed E-state index contributed by atoms with van der Waals surface area (Å²) in [7, 11) is 0. The molecule has 1 aliphatic heterocycles. The highest BCUT2D eigenvalue weighted by Crippen LogP contribution is 2.25. The fourth-order valence-electron chi connectivity index (χ4n) is 1.58. The number of epoxide rings is 1. The minimum absolute atomic E-state index is 0.0271. The summed E-state index contributed by atoms with van der Waals surface area (Å²) in [5.41, 5.74) is 1.16. The molecule has 3 heteroatoms. The Morgan fingerprint density at radius 2 is 2.13 bits per heavy atom. The average molecular weight is 208 g/mol. The van der Waals surface area contributed by atoms with Gasteiger partial charge in [0.05, 0.1) is 19.3 Å². The van der Waals surface area contributed by atoms with Gasteiger partial charge in [-0.1, -0.05) is 30.3 Å². The number of aliphatic hydroxyl groups excluding tert-OH is 1. The van der Waals surface area contributed by atoms with Gasteiger partial charge in [0.2, 0.25) is 0 Å². The van der Waals surface area contributed by atoms with Gasteiger partial charge in [0, 0.05) is 0 Å². The zero-order valence-corrected chi connectivity index (χ0v) is 8.80. The average Bonchev–Trinajstić information content (AvgIpc) is 2.99. The Balaban J connectivity index is 1.65. The summed E-state index contributed by atoms with van der Waals surface area (Å²) in [4.78, 5) is 0. The van der Waals surface area contributed by atoms with Gasteiger partial charge >= 0.3 is 0 Å². The lowest BCUT2D eigenvalue weighted by Crippen LogP contribution is -2.14. The largest absolute Gasteiger partial charge is 0.391 e. The first-order valence-corrected chi connectivity index (χ1v) is 5.22. The molecule has 1 aliphatic rings. The van der Waals surface area contributed by atoms with E-state index in [2.05, 4.69) is 0 Å². The Labute approximate surface area is 89.6 Å². The van der Waals surface area contributed by atoms with Gasteiger partial charge in [-0.2, -0.15) is 0 Å². The molecule has 0 unspecified atom stereocenters. The molecule has 1 aromatic rings. The van der Waals surface area contributed by atoms with E-state index in [4.69, 9.17) is 9.47 Å². The third kappa shape index (κ3) is 3.02. The quantitative estimate of drug-likeness (QED) is 0.743. The van der Waals surface area contributed by atoms with E-state index in [9.17, 15) is 5.11 Å². The number of hydrogen-bond acceptors (Lipinski definition) is 3. The summed E-state index contributed by atoms with van der Waals surface area (Å²) < 4.78 is 10.7. The lowest BCUT2D eigenvalue weighted by molar-refractivity contribution is 0.104. The smallest absolute Gasteiger partial charge is 0.112 e. The van der Waals surface area contributed by atoms with Crippen molar-refractivity contribution >= 4 is 0 Å². The van der Waals surface area contributed by atoms with Crippen LogP contribution in [0.15, 0.2) is 30.3 Å². The maximum atomic E-state index is 9.20. The summed E-state index contributed by atoms with van der Waals surface area (Å²) in [6, 6.07) is 10.0. The van der Waals surface area contributed by atoms with Gasteiger partial charge in [-0.3, -0.25) is 0 Å². The van der Waals surface area contributed by atoms with Gasteiger partial charge in [0.25, 0.3) is 0 Å². The van der Waals surface area contributed by atoms with Crippen LogP contribution in [-0.4, -0.2) is 30.0 Å². The third-order valence-corrected chi connectivity index (χ3v) is 2.49. The predicted molar refractivity (Wildman–Crippen MR) is 56.4 cm³/mol. The van der Waals surface area contributed by atoms with Crippen molar-refractivity contribution in [3.63, 3.8) is 0 Å². The summed E-state index contributed by atoms with van der Waals surface area (Å²) >= 11 is 0. The van der Waals surface area contributed by atoms with Crippen molar-refractivity contribution in [2.24, 2.45) is 0 Å². The van der Waals surface area contributed by atoms with Gasteiger partial charge in [-0.25, -0.2) is 0 Å². The molecule has 1 aromatic carbocycles. The van der Waals surface area contributed by atoms with Crippen LogP contribution in [0.25, 0.3) is 0 Å². The maximum absolute atomic E-state index is 9.20. The molecule has 0 amide bonds. The maximum Gasteiger partial charge on any atom is 0.112 e. The van der Waals surface area contributed by atoms with Crippen LogP contribution >= 0.6 is 0 Å². The van der Waals surface area contributed by atoms with Crippen LogP contribution in [0.1, 0.15) is 12.5 Å². The fourth-order valence-corrected chi connectivity index (χ4v) is 1.58. The molecular weight excluding hydrogens is 192 g/mol. The Bertz CT molecular complexity index is 297. The normalized spacial score (nSPS) is 26.3. The van der Waals surface area contributed by atoms with Gasteiger partial charge in [-0.05, 0) is 12.5 Å². The summed E-state index contributed by atoms with van der Waals surface area (Å²) in [6.07, 6.45) is -0.343. The molecule has 0 radical (unpaired) electrons. The fraction of sp³-hybridized carbons (Fsp3) is 0.500. The van der Waals surface area contributed by atoms with E-state index >= 15 is 0 Å². The van der Waals surface area contributed by atoms with Crippen LogP contribution in [0.2, 0.25) is 0 Å². The molecule has 82 valence electrons. The van der Waals surface area contributed by atoms with Crippen molar-refractivity contribution in [1.29, 1.82) is 0 Å². The first-order valence-electron chi connectivity index (χ1n) is 5.22. The second-order valence-corrected chi connectivity index (χ2v) is 3.88. The second-order valence-electron chi connectivity index (χ2n) is 3.88. The summed E-state index contributed by atoms with van der Waals surface area (Å²) in [5.74, 6) is 0. The van der Waals surface area contributed by atoms with E-state index in [1.165, 1.54) is 0 Å². The van der Waals surface area contributed by atoms with Crippen molar-refractivity contribution in [2.75, 3.05) is 6.61 Å². The van der Waals surface area contributed by atoms with E-state index < -0.39 is 6.10 Å². The van der Waals surface area contributed by atoms with Crippen molar-refractivity contribution in [3.05, 3.63) is 35.9 Å². The second kappa shape index (κ2) is 4.75. The van der Waals surface area contributed by atoms with Crippen molar-refractivity contribution in [3.8, 4) is 0 Å². The Morgan fingerprint density at radius 3 is 2.73 bits per heavy atom. The standard InChI is InChI=1S/C12H16O3/c1-9(13)12-11(15-12)8-14-7-10-5-3-2-4-6-10/h2-6,9,11-13H,7-8H2,1H3/t9-,11+,12-/m0/s1. The lowest BCUT2D eigenvalue weighted by atomic mass is 10.2. The topological polar surface area (TPSA) is 42.0 Å². The number of aliphatic hydroxyl groups is 1. The van der Waals surface area contributed by atoms with Crippen LogP contribution in [0.4, 0.5) is 0 Å². The van der Waals surface area contributed by atoms with E-state index in [-0.39, 0.29) is 12.2 Å². The zero-order valence-electron chi connectivity index (χ0n) is 8.80. The van der Waals surface area contributed by atoms with E-state index in [1.54, 1.807) is 6.92 Å². The molecule has 1 N–H and O–H groups in total. The molecule has 0 bridgehead atoms. The molecular formula is C12H16O3. The number of ether oxygens (including phenoxy) is 2. The molecule has 2 rings (SSSR count). The molecule has 0 aromatic heterocycles. The summed E-state index contributed by atoms with van der Waals surface area (Å²) in [5, 5.41) is 9.20. The van der Waals surface area contributed by atoms with E-state index in [1.807, 2.05) is 30.3 Å². The van der Waals surface area contributed by atoms with Gasteiger partial charge in [-0.15, -0.1) is 0 Å². The highest BCUT2D eigenvalue weighted by atomic mass is 16.6. The molecule has 3 atom stereocenters. The molecule has 0 spiro atoms. The number of rotatable bonds is 5. The predicted octanol–water partition coefficient (Wildman–Crippen LogP) is 1.35. The van der Waals surface area contributed by atoms with Crippen LogP contribution < -0.4 is 0 Å². The molecule has 3 nitrogen and oxygen atoms in total. The first-order chi connectivity index (χ1) is 7.27. The van der Waals surface area contributed by atoms with Gasteiger partial charge < -0.3 is 14.6 Å².